The smallest absolute Gasteiger partial charge is 0.214 e. The van der Waals surface area contributed by atoms with Crippen LogP contribution in [0.1, 0.15) is 19.3 Å². The van der Waals surface area contributed by atoms with Crippen molar-refractivity contribution in [2.45, 2.75) is 25.3 Å². The Hall–Kier alpha value is -0.130. The number of nitrogens with zero attached hydrogens (tertiary/aromatic N) is 1. The van der Waals surface area contributed by atoms with Crippen LogP contribution in [0.25, 0.3) is 0 Å². The molecule has 0 radical (unpaired) electrons. The van der Waals surface area contributed by atoms with E-state index in [4.69, 9.17) is 0 Å². The van der Waals surface area contributed by atoms with Crippen molar-refractivity contribution < 1.29 is 8.42 Å². The number of hydrogen-bond acceptors (Lipinski definition) is 3. The molecule has 1 aliphatic heterocycles. The van der Waals surface area contributed by atoms with Gasteiger partial charge in [0.2, 0.25) is 10.0 Å². The average molecular weight is 218 g/mol. The van der Waals surface area contributed by atoms with Crippen molar-refractivity contribution >= 4 is 10.0 Å². The predicted octanol–water partition coefficient (Wildman–Crippen LogP) is 0.0199. The maximum absolute atomic E-state index is 11.8. The topological polar surface area (TPSA) is 49.4 Å². The molecule has 1 saturated heterocycles. The maximum atomic E-state index is 11.8. The van der Waals surface area contributed by atoms with E-state index < -0.39 is 10.0 Å². The van der Waals surface area contributed by atoms with Gasteiger partial charge in [0.1, 0.15) is 0 Å². The molecule has 5 heteroatoms. The van der Waals surface area contributed by atoms with Crippen molar-refractivity contribution in [2.24, 2.45) is 5.92 Å². The molecule has 14 heavy (non-hydrogen) atoms. The van der Waals surface area contributed by atoms with Gasteiger partial charge in [-0.15, -0.1) is 0 Å². The van der Waals surface area contributed by atoms with E-state index in [0.717, 1.165) is 19.3 Å². The number of likely N-dealkylation sites (N-methyl/N-ethyl adjacent to an activating group) is 1. The Morgan fingerprint density at radius 1 is 1.36 bits per heavy atom. The van der Waals surface area contributed by atoms with Crippen LogP contribution >= 0.6 is 0 Å². The largest absolute Gasteiger partial charge is 0.316 e. The molecule has 1 heterocycles. The summed E-state index contributed by atoms with van der Waals surface area (Å²) >= 11 is 0. The molecule has 2 fully saturated rings. The SMILES string of the molecule is CNC1CCN(S(=O)(=O)CC2CC2)C1. The molecule has 2 rings (SSSR count). The third-order valence-corrected chi connectivity index (χ3v) is 5.11. The molecule has 0 aromatic rings. The molecule has 1 atom stereocenters. The molecule has 1 N–H and O–H groups in total. The Kier molecular flexibility index (Phi) is 2.81. The van der Waals surface area contributed by atoms with E-state index in [-0.39, 0.29) is 0 Å². The van der Waals surface area contributed by atoms with Gasteiger partial charge in [-0.3, -0.25) is 0 Å². The molecule has 2 aliphatic rings. The van der Waals surface area contributed by atoms with Gasteiger partial charge in [0.25, 0.3) is 0 Å². The van der Waals surface area contributed by atoms with Crippen LogP contribution in [0.4, 0.5) is 0 Å². The molecular formula is C9H18N2O2S. The van der Waals surface area contributed by atoms with Crippen molar-refractivity contribution in [1.82, 2.24) is 9.62 Å². The third kappa shape index (κ3) is 2.27. The summed E-state index contributed by atoms with van der Waals surface area (Å²) in [5.74, 6) is 0.831. The van der Waals surface area contributed by atoms with Crippen LogP contribution in [0.3, 0.4) is 0 Å². The van der Waals surface area contributed by atoms with E-state index in [2.05, 4.69) is 5.32 Å². The normalized spacial score (nSPS) is 29.6. The monoisotopic (exact) mass is 218 g/mol. The minimum Gasteiger partial charge on any atom is -0.316 e. The highest BCUT2D eigenvalue weighted by Gasteiger charge is 2.35. The van der Waals surface area contributed by atoms with Crippen molar-refractivity contribution in [3.63, 3.8) is 0 Å². The predicted molar refractivity (Wildman–Crippen MR) is 55.5 cm³/mol. The van der Waals surface area contributed by atoms with Crippen LogP contribution in [-0.2, 0) is 10.0 Å². The van der Waals surface area contributed by atoms with E-state index in [0.29, 0.717) is 30.8 Å². The van der Waals surface area contributed by atoms with Crippen LogP contribution in [0.15, 0.2) is 0 Å². The summed E-state index contributed by atoms with van der Waals surface area (Å²) in [6.45, 7) is 1.35. The lowest BCUT2D eigenvalue weighted by atomic mass is 10.3. The Morgan fingerprint density at radius 3 is 2.57 bits per heavy atom. The van der Waals surface area contributed by atoms with Crippen LogP contribution in [-0.4, -0.2) is 44.7 Å². The Labute approximate surface area is 85.7 Å². The molecule has 0 amide bonds. The number of sulfonamides is 1. The van der Waals surface area contributed by atoms with E-state index in [1.807, 2.05) is 7.05 Å². The van der Waals surface area contributed by atoms with E-state index >= 15 is 0 Å². The van der Waals surface area contributed by atoms with Crippen molar-refractivity contribution in [2.75, 3.05) is 25.9 Å². The molecule has 1 aliphatic carbocycles. The highest BCUT2D eigenvalue weighted by molar-refractivity contribution is 7.89. The molecule has 0 aromatic carbocycles. The van der Waals surface area contributed by atoms with Gasteiger partial charge < -0.3 is 5.32 Å². The van der Waals surface area contributed by atoms with E-state index in [9.17, 15) is 8.42 Å². The Balaban J connectivity index is 1.93. The average Bonchev–Trinajstić information content (AvgIpc) is 2.81. The fourth-order valence-electron chi connectivity index (χ4n) is 1.90. The fourth-order valence-corrected chi connectivity index (χ4v) is 3.83. The zero-order valence-corrected chi connectivity index (χ0v) is 9.39. The van der Waals surface area contributed by atoms with Crippen molar-refractivity contribution in [1.29, 1.82) is 0 Å². The maximum Gasteiger partial charge on any atom is 0.214 e. The van der Waals surface area contributed by atoms with Crippen LogP contribution in [0.2, 0.25) is 0 Å². The molecular weight excluding hydrogens is 200 g/mol. The zero-order valence-electron chi connectivity index (χ0n) is 8.57. The van der Waals surface area contributed by atoms with Gasteiger partial charge in [0.15, 0.2) is 0 Å². The molecule has 82 valence electrons. The minimum atomic E-state index is -2.95. The number of nitrogens with one attached hydrogen (secondary N) is 1. The molecule has 0 spiro atoms. The number of hydrogen-bond donors (Lipinski definition) is 1. The third-order valence-electron chi connectivity index (χ3n) is 3.10. The first-order chi connectivity index (χ1) is 6.62. The number of rotatable bonds is 4. The minimum absolute atomic E-state index is 0.351. The summed E-state index contributed by atoms with van der Waals surface area (Å²) in [4.78, 5) is 0. The second-order valence-corrected chi connectivity index (χ2v) is 6.37. The van der Waals surface area contributed by atoms with E-state index in [1.165, 1.54) is 0 Å². The van der Waals surface area contributed by atoms with Crippen molar-refractivity contribution in [3.05, 3.63) is 0 Å². The lowest BCUT2D eigenvalue weighted by Crippen LogP contribution is -2.35. The summed E-state index contributed by atoms with van der Waals surface area (Å²) in [7, 11) is -1.06. The summed E-state index contributed by atoms with van der Waals surface area (Å²) in [5.41, 5.74) is 0. The Morgan fingerprint density at radius 2 is 2.07 bits per heavy atom. The van der Waals surface area contributed by atoms with Gasteiger partial charge in [-0.1, -0.05) is 0 Å². The van der Waals surface area contributed by atoms with Gasteiger partial charge in [0.05, 0.1) is 5.75 Å². The first-order valence-electron chi connectivity index (χ1n) is 5.27. The second kappa shape index (κ2) is 3.79. The lowest BCUT2D eigenvalue weighted by molar-refractivity contribution is 0.462. The standard InChI is InChI=1S/C9H18N2O2S/c1-10-9-4-5-11(6-9)14(12,13)7-8-2-3-8/h8-10H,2-7H2,1H3. The first kappa shape index (κ1) is 10.4. The molecule has 0 aromatic heterocycles. The van der Waals surface area contributed by atoms with Gasteiger partial charge in [-0.05, 0) is 32.2 Å². The summed E-state index contributed by atoms with van der Waals surface area (Å²) in [6, 6.07) is 0.351. The molecule has 4 nitrogen and oxygen atoms in total. The van der Waals surface area contributed by atoms with Gasteiger partial charge >= 0.3 is 0 Å². The molecule has 1 unspecified atom stereocenters. The van der Waals surface area contributed by atoms with Crippen LogP contribution in [0, 0.1) is 5.92 Å². The Bertz CT molecular complexity index is 298. The lowest BCUT2D eigenvalue weighted by Gasteiger charge is -2.15. The zero-order chi connectivity index (χ0) is 10.2. The van der Waals surface area contributed by atoms with Crippen LogP contribution < -0.4 is 5.32 Å². The second-order valence-electron chi connectivity index (χ2n) is 4.35. The fraction of sp³-hybridized carbons (Fsp3) is 1.00. The van der Waals surface area contributed by atoms with Gasteiger partial charge in [-0.2, -0.15) is 0 Å². The highest BCUT2D eigenvalue weighted by atomic mass is 32.2. The molecule has 1 saturated carbocycles. The quantitative estimate of drug-likeness (QED) is 0.724. The summed E-state index contributed by atoms with van der Waals surface area (Å²) in [5, 5.41) is 3.13. The first-order valence-corrected chi connectivity index (χ1v) is 6.88. The van der Waals surface area contributed by atoms with E-state index in [1.54, 1.807) is 4.31 Å². The van der Waals surface area contributed by atoms with Gasteiger partial charge in [0, 0.05) is 19.1 Å². The molecule has 0 bridgehead atoms. The highest BCUT2D eigenvalue weighted by Crippen LogP contribution is 2.31. The van der Waals surface area contributed by atoms with Crippen molar-refractivity contribution in [3.8, 4) is 0 Å². The summed E-state index contributed by atoms with van der Waals surface area (Å²) < 4.78 is 25.3. The van der Waals surface area contributed by atoms with Crippen LogP contribution in [0.5, 0.6) is 0 Å². The summed E-state index contributed by atoms with van der Waals surface area (Å²) in [6.07, 6.45) is 3.14. The van der Waals surface area contributed by atoms with Gasteiger partial charge in [-0.25, -0.2) is 12.7 Å².